The van der Waals surface area contributed by atoms with E-state index in [0.717, 1.165) is 0 Å². The van der Waals surface area contributed by atoms with Crippen molar-refractivity contribution in [2.75, 3.05) is 13.2 Å². The third-order valence-electron chi connectivity index (χ3n) is 0.648. The van der Waals surface area contributed by atoms with Crippen LogP contribution in [0.25, 0.3) is 0 Å². The zero-order valence-electron chi connectivity index (χ0n) is 3.39. The molecule has 0 aromatic heterocycles. The number of ether oxygens (including phenoxy) is 2. The van der Waals surface area contributed by atoms with Crippen molar-refractivity contribution in [1.29, 1.82) is 0 Å². The van der Waals surface area contributed by atoms with Gasteiger partial charge in [0, 0.05) is 6.92 Å². The molecule has 1 rings (SSSR count). The molecule has 1 aliphatic rings. The molecule has 2 radical (unpaired) electrons. The molecule has 0 unspecified atom stereocenters. The van der Waals surface area contributed by atoms with E-state index in [9.17, 15) is 0 Å². The Balaban J connectivity index is 2.18. The summed E-state index contributed by atoms with van der Waals surface area (Å²) in [5, 5.41) is 0. The highest BCUT2D eigenvalue weighted by Gasteiger charge is 2.07. The van der Waals surface area contributed by atoms with Crippen LogP contribution in [-0.2, 0) is 9.47 Å². The van der Waals surface area contributed by atoms with Crippen LogP contribution in [0.3, 0.4) is 0 Å². The third kappa shape index (κ3) is 0.698. The normalized spacial score (nSPS) is 25.5. The Morgan fingerprint density at radius 3 is 2.00 bits per heavy atom. The number of hydrogen-bond acceptors (Lipinski definition) is 2. The van der Waals surface area contributed by atoms with Crippen LogP contribution in [-0.4, -0.2) is 19.5 Å². The molecule has 6 heavy (non-hydrogen) atoms. The van der Waals surface area contributed by atoms with Gasteiger partial charge in [-0.2, -0.15) is 0 Å². The van der Waals surface area contributed by atoms with Gasteiger partial charge in [-0.05, 0) is 0 Å². The summed E-state index contributed by atoms with van der Waals surface area (Å²) >= 11 is 0. The van der Waals surface area contributed by atoms with E-state index in [1.54, 1.807) is 0 Å². The van der Waals surface area contributed by atoms with Crippen molar-refractivity contribution in [3.05, 3.63) is 6.92 Å². The predicted molar refractivity (Wildman–Crippen MR) is 20.0 cm³/mol. The molecule has 1 fully saturated rings. The lowest BCUT2D eigenvalue weighted by Gasteiger charge is -1.94. The van der Waals surface area contributed by atoms with E-state index in [0.29, 0.717) is 13.2 Å². The van der Waals surface area contributed by atoms with Crippen LogP contribution in [0.15, 0.2) is 0 Å². The largest absolute Gasteiger partial charge is 0.350 e. The van der Waals surface area contributed by atoms with Crippen molar-refractivity contribution < 1.29 is 9.47 Å². The second-order valence-electron chi connectivity index (χ2n) is 1.11. The highest BCUT2D eigenvalue weighted by Crippen LogP contribution is 1.98. The minimum Gasteiger partial charge on any atom is -0.350 e. The Morgan fingerprint density at radius 2 is 1.83 bits per heavy atom. The molecule has 0 saturated carbocycles. The molecule has 2 heteroatoms. The van der Waals surface area contributed by atoms with Gasteiger partial charge in [0.25, 0.3) is 0 Å². The van der Waals surface area contributed by atoms with Gasteiger partial charge in [-0.1, -0.05) is 0 Å². The van der Waals surface area contributed by atoms with E-state index in [2.05, 4.69) is 0 Å². The lowest BCUT2D eigenvalue weighted by Crippen LogP contribution is -1.98. The van der Waals surface area contributed by atoms with E-state index in [4.69, 9.17) is 16.4 Å². The Kier molecular flexibility index (Phi) is 1.08. The SMILES string of the molecule is [CH]C1OCCO1. The van der Waals surface area contributed by atoms with Gasteiger partial charge in [0.15, 0.2) is 6.29 Å². The monoisotopic (exact) mass is 86.0 g/mol. The van der Waals surface area contributed by atoms with Crippen LogP contribution in [0.4, 0.5) is 0 Å². The van der Waals surface area contributed by atoms with Crippen LogP contribution in [0, 0.1) is 6.92 Å². The Bertz CT molecular complexity index is 38.8. The van der Waals surface area contributed by atoms with Crippen molar-refractivity contribution in [2.45, 2.75) is 6.29 Å². The second-order valence-corrected chi connectivity index (χ2v) is 1.11. The van der Waals surface area contributed by atoms with Crippen molar-refractivity contribution in [2.24, 2.45) is 0 Å². The topological polar surface area (TPSA) is 18.5 Å². The van der Waals surface area contributed by atoms with Crippen LogP contribution in [0.5, 0.6) is 0 Å². The fraction of sp³-hybridized carbons (Fsp3) is 0.750. The van der Waals surface area contributed by atoms with Gasteiger partial charge in [0.1, 0.15) is 0 Å². The first-order chi connectivity index (χ1) is 2.89. The molecule has 0 bridgehead atoms. The molecular weight excluding hydrogens is 80.0 g/mol. The average Bonchev–Trinajstić information content (AvgIpc) is 1.86. The highest BCUT2D eigenvalue weighted by molar-refractivity contribution is 4.50. The summed E-state index contributed by atoms with van der Waals surface area (Å²) in [5.41, 5.74) is 0. The fourth-order valence-corrected chi connectivity index (χ4v) is 0.377. The van der Waals surface area contributed by atoms with E-state index >= 15 is 0 Å². The minimum atomic E-state index is -0.454. The van der Waals surface area contributed by atoms with Crippen LogP contribution < -0.4 is 0 Å². The molecule has 1 aliphatic heterocycles. The molecule has 0 N–H and O–H groups in total. The zero-order valence-corrected chi connectivity index (χ0v) is 3.39. The summed E-state index contributed by atoms with van der Waals surface area (Å²) in [6.45, 7) is 6.37. The van der Waals surface area contributed by atoms with Crippen LogP contribution in [0.2, 0.25) is 0 Å². The first kappa shape index (κ1) is 4.09. The van der Waals surface area contributed by atoms with E-state index in [1.165, 1.54) is 0 Å². The molecule has 2 nitrogen and oxygen atoms in total. The molecule has 0 aromatic carbocycles. The first-order valence-corrected chi connectivity index (χ1v) is 1.88. The summed E-state index contributed by atoms with van der Waals surface area (Å²) in [6, 6.07) is 0. The maximum Gasteiger partial charge on any atom is 0.161 e. The summed E-state index contributed by atoms with van der Waals surface area (Å²) in [5.74, 6) is 0. The van der Waals surface area contributed by atoms with Gasteiger partial charge in [0.05, 0.1) is 13.2 Å². The smallest absolute Gasteiger partial charge is 0.161 e. The molecule has 0 atom stereocenters. The third-order valence-corrected chi connectivity index (χ3v) is 0.648. The van der Waals surface area contributed by atoms with Gasteiger partial charge >= 0.3 is 0 Å². The van der Waals surface area contributed by atoms with E-state index in [1.807, 2.05) is 0 Å². The Hall–Kier alpha value is -0.0800. The Morgan fingerprint density at radius 1 is 1.33 bits per heavy atom. The summed E-state index contributed by atoms with van der Waals surface area (Å²) in [7, 11) is 0. The molecule has 0 spiro atoms. The average molecular weight is 86.1 g/mol. The maximum atomic E-state index is 5.09. The van der Waals surface area contributed by atoms with Crippen molar-refractivity contribution >= 4 is 0 Å². The van der Waals surface area contributed by atoms with Crippen molar-refractivity contribution in [3.8, 4) is 0 Å². The summed E-state index contributed by atoms with van der Waals surface area (Å²) in [4.78, 5) is 0. The molecule has 1 heterocycles. The first-order valence-electron chi connectivity index (χ1n) is 1.88. The molecule has 0 aliphatic carbocycles. The number of rotatable bonds is 0. The van der Waals surface area contributed by atoms with E-state index in [-0.39, 0.29) is 0 Å². The van der Waals surface area contributed by atoms with Gasteiger partial charge in [0.2, 0.25) is 0 Å². The van der Waals surface area contributed by atoms with Crippen LogP contribution in [0.1, 0.15) is 0 Å². The van der Waals surface area contributed by atoms with Gasteiger partial charge in [-0.15, -0.1) is 0 Å². The predicted octanol–water partition coefficient (Wildman–Crippen LogP) is 0.0704. The molecule has 0 aromatic rings. The Labute approximate surface area is 37.1 Å². The second kappa shape index (κ2) is 1.58. The van der Waals surface area contributed by atoms with Gasteiger partial charge in [-0.3, -0.25) is 0 Å². The van der Waals surface area contributed by atoms with E-state index < -0.39 is 6.29 Å². The zero-order chi connectivity index (χ0) is 4.41. The van der Waals surface area contributed by atoms with Crippen LogP contribution >= 0.6 is 0 Å². The van der Waals surface area contributed by atoms with Gasteiger partial charge in [-0.25, -0.2) is 0 Å². The molecule has 0 amide bonds. The molecular formula is C4H6O2. The molecule has 1 saturated heterocycles. The molecule has 34 valence electrons. The maximum absolute atomic E-state index is 5.09. The fourth-order valence-electron chi connectivity index (χ4n) is 0.377. The van der Waals surface area contributed by atoms with Gasteiger partial charge < -0.3 is 9.47 Å². The lowest BCUT2D eigenvalue weighted by molar-refractivity contribution is -0.00396. The van der Waals surface area contributed by atoms with Crippen molar-refractivity contribution in [3.63, 3.8) is 0 Å². The summed E-state index contributed by atoms with van der Waals surface area (Å²) < 4.78 is 9.42. The minimum absolute atomic E-state index is 0.454. The summed E-state index contributed by atoms with van der Waals surface area (Å²) in [6.07, 6.45) is -0.454. The number of hydrogen-bond donors (Lipinski definition) is 0. The quantitative estimate of drug-likeness (QED) is 0.415. The lowest BCUT2D eigenvalue weighted by atomic mass is 10.8. The standard InChI is InChI=1S/C4H6O2/c1-4-5-2-3-6-4/h1,4H,2-3H2. The van der Waals surface area contributed by atoms with Crippen molar-refractivity contribution in [1.82, 2.24) is 0 Å². The highest BCUT2D eigenvalue weighted by atomic mass is 16.7.